The third kappa shape index (κ3) is 96.8. The molecule has 0 aliphatic heterocycles. The zero-order chi connectivity index (χ0) is 32.2. The van der Waals surface area contributed by atoms with Crippen molar-refractivity contribution in [3.8, 4) is 0 Å². The monoisotopic (exact) mass is 826 g/mol. The standard InChI is InChI=1S/3C12H25.H3O2PS2.3Zn/c3*1-4-5-6-7-8-9-10-11-12(2)3;1-3(2,4)5;;;/h3*7,12H,4-6,8-11H2,1-3H3;(H3,1,2,4,5);;;/q3*-1;;3*+2/p-3. The van der Waals surface area contributed by atoms with Crippen LogP contribution in [-0.2, 0) is 82.5 Å². The summed E-state index contributed by atoms with van der Waals surface area (Å²) in [6.45, 7) is 20.6. The molecule has 8 heteroatoms. The molecule has 0 unspecified atom stereocenters. The molecule has 2 nitrogen and oxygen atoms in total. The van der Waals surface area contributed by atoms with E-state index < -0.39 is 5.69 Å². The third-order valence-electron chi connectivity index (χ3n) is 6.60. The van der Waals surface area contributed by atoms with E-state index in [1.54, 1.807) is 0 Å². The Morgan fingerprint density at radius 2 is 0.659 bits per heavy atom. The fourth-order valence-electron chi connectivity index (χ4n) is 4.00. The van der Waals surface area contributed by atoms with Gasteiger partial charge in [0.05, 0.1) is 0 Å². The fourth-order valence-corrected chi connectivity index (χ4v) is 4.00. The SMILES string of the molecule is CCCC[CH-]CCCCC(C)C.CCCC[CH-]CCCCC(C)C.CCCC[CH-]CCCCC(C)C.[O-]P([O-])(=S)[S-].[Zn+2].[Zn+2].[Zn+2]. The molecule has 0 aliphatic carbocycles. The average Bonchev–Trinajstić information content (AvgIpc) is 2.86. The van der Waals surface area contributed by atoms with Gasteiger partial charge in [-0.15, -0.1) is 0 Å². The summed E-state index contributed by atoms with van der Waals surface area (Å²) in [6.07, 6.45) is 36.2. The Labute approximate surface area is 329 Å². The maximum absolute atomic E-state index is 9.29. The molecule has 254 valence electrons. The molecule has 0 aliphatic rings. The van der Waals surface area contributed by atoms with Gasteiger partial charge < -0.3 is 47.0 Å². The van der Waals surface area contributed by atoms with Crippen LogP contribution < -0.4 is 9.79 Å². The normalized spacial score (nSPS) is 10.3. The van der Waals surface area contributed by atoms with Gasteiger partial charge in [-0.3, -0.25) is 0 Å². The number of hydrogen-bond acceptors (Lipinski definition) is 4. The van der Waals surface area contributed by atoms with E-state index in [1.165, 1.54) is 135 Å². The van der Waals surface area contributed by atoms with E-state index in [1.807, 2.05) is 0 Å². The van der Waals surface area contributed by atoms with E-state index in [0.717, 1.165) is 17.8 Å². The van der Waals surface area contributed by atoms with Crippen LogP contribution in [0, 0.1) is 37.0 Å². The molecule has 0 aromatic carbocycles. The van der Waals surface area contributed by atoms with Gasteiger partial charge in [0.15, 0.2) is 0 Å². The molecular formula is C36H75O2PS2Zn3. The third-order valence-corrected chi connectivity index (χ3v) is 6.60. The minimum atomic E-state index is -3.72. The van der Waals surface area contributed by atoms with Gasteiger partial charge in [-0.05, 0) is 17.8 Å². The number of unbranched alkanes of at least 4 members (excludes halogenated alkanes) is 18. The van der Waals surface area contributed by atoms with Crippen LogP contribution in [0.2, 0.25) is 0 Å². The largest absolute Gasteiger partial charge is 2.00 e. The van der Waals surface area contributed by atoms with E-state index in [2.05, 4.69) is 106 Å². The topological polar surface area (TPSA) is 46.1 Å². The quantitative estimate of drug-likeness (QED) is 0.0320. The minimum Gasteiger partial charge on any atom is -0.850 e. The zero-order valence-electron chi connectivity index (χ0n) is 31.5. The maximum atomic E-state index is 9.29. The summed E-state index contributed by atoms with van der Waals surface area (Å²) >= 11 is 7.28. The molecule has 0 saturated carbocycles. The molecule has 0 spiro atoms. The first-order valence-electron chi connectivity index (χ1n) is 17.5. The Morgan fingerprint density at radius 1 is 0.477 bits per heavy atom. The van der Waals surface area contributed by atoms with Gasteiger partial charge in [-0.2, -0.15) is 50.3 Å². The maximum Gasteiger partial charge on any atom is 2.00 e. The van der Waals surface area contributed by atoms with Gasteiger partial charge in [0.25, 0.3) is 0 Å². The molecule has 0 heterocycles. The molecule has 0 bridgehead atoms. The van der Waals surface area contributed by atoms with Crippen molar-refractivity contribution in [2.24, 2.45) is 17.8 Å². The average molecular weight is 831 g/mol. The Bertz CT molecular complexity index is 433. The van der Waals surface area contributed by atoms with E-state index in [0.29, 0.717) is 0 Å². The van der Waals surface area contributed by atoms with Crippen molar-refractivity contribution >= 4 is 29.7 Å². The predicted octanol–water partition coefficient (Wildman–Crippen LogP) is 12.3. The van der Waals surface area contributed by atoms with Crippen LogP contribution in [0.15, 0.2) is 0 Å². The van der Waals surface area contributed by atoms with Gasteiger partial charge in [-0.25, -0.2) is 0 Å². The van der Waals surface area contributed by atoms with Crippen molar-refractivity contribution in [2.45, 2.75) is 197 Å². The summed E-state index contributed by atoms with van der Waals surface area (Å²) in [5, 5.41) is 0. The van der Waals surface area contributed by atoms with E-state index in [-0.39, 0.29) is 58.4 Å². The summed E-state index contributed by atoms with van der Waals surface area (Å²) < 4.78 is 0. The van der Waals surface area contributed by atoms with Gasteiger partial charge >= 0.3 is 58.4 Å². The summed E-state index contributed by atoms with van der Waals surface area (Å²) in [5.41, 5.74) is -3.72. The van der Waals surface area contributed by atoms with E-state index >= 15 is 0 Å². The fraction of sp³-hybridized carbons (Fsp3) is 0.917. The van der Waals surface area contributed by atoms with E-state index in [9.17, 15) is 9.79 Å². The Balaban J connectivity index is -0.0000000839. The molecule has 44 heavy (non-hydrogen) atoms. The molecule has 0 aromatic heterocycles. The molecule has 0 fully saturated rings. The minimum absolute atomic E-state index is 0. The van der Waals surface area contributed by atoms with Crippen molar-refractivity contribution in [3.63, 3.8) is 0 Å². The molecular weight excluding hydrogens is 756 g/mol. The second kappa shape index (κ2) is 52.6. The van der Waals surface area contributed by atoms with Crippen LogP contribution in [0.5, 0.6) is 0 Å². The number of rotatable bonds is 24. The van der Waals surface area contributed by atoms with Crippen LogP contribution >= 0.6 is 5.69 Å². The predicted molar refractivity (Wildman–Crippen MR) is 193 cm³/mol. The van der Waals surface area contributed by atoms with Crippen molar-refractivity contribution in [3.05, 3.63) is 19.3 Å². The van der Waals surface area contributed by atoms with Gasteiger partial charge in [0.2, 0.25) is 0 Å². The van der Waals surface area contributed by atoms with Crippen molar-refractivity contribution in [1.29, 1.82) is 0 Å². The Morgan fingerprint density at radius 3 is 0.818 bits per heavy atom. The Hall–Kier alpha value is 2.79. The van der Waals surface area contributed by atoms with Crippen molar-refractivity contribution in [1.82, 2.24) is 0 Å². The van der Waals surface area contributed by atoms with Crippen LogP contribution in [0.25, 0.3) is 0 Å². The molecule has 0 N–H and O–H groups in total. The molecule has 0 atom stereocenters. The molecule has 0 aromatic rings. The summed E-state index contributed by atoms with van der Waals surface area (Å²) in [6, 6.07) is 0. The first-order valence-corrected chi connectivity index (χ1v) is 21.1. The molecule has 0 saturated heterocycles. The van der Waals surface area contributed by atoms with Crippen molar-refractivity contribution < 1.29 is 68.2 Å². The first kappa shape index (κ1) is 62.0. The van der Waals surface area contributed by atoms with E-state index in [4.69, 9.17) is 0 Å². The Kier molecular flexibility index (Phi) is 74.1. The number of hydrogen-bond donors (Lipinski definition) is 0. The smallest absolute Gasteiger partial charge is 0.850 e. The molecule has 0 rings (SSSR count). The summed E-state index contributed by atoms with van der Waals surface area (Å²) in [5.74, 6) is 2.67. The van der Waals surface area contributed by atoms with Crippen LogP contribution in [0.1, 0.15) is 197 Å². The first-order chi connectivity index (χ1) is 19.3. The zero-order valence-corrected chi connectivity index (χ0v) is 42.9. The van der Waals surface area contributed by atoms with Crippen LogP contribution in [-0.4, -0.2) is 0 Å². The van der Waals surface area contributed by atoms with Gasteiger partial charge in [-0.1, -0.05) is 159 Å². The summed E-state index contributed by atoms with van der Waals surface area (Å²) in [7, 11) is 0. The van der Waals surface area contributed by atoms with Crippen LogP contribution in [0.4, 0.5) is 0 Å². The molecule has 0 amide bonds. The van der Waals surface area contributed by atoms with Crippen molar-refractivity contribution in [2.75, 3.05) is 0 Å². The second-order valence-corrected chi connectivity index (χ2v) is 17.2. The summed E-state index contributed by atoms with van der Waals surface area (Å²) in [4.78, 5) is 18.6. The molecule has 0 radical (unpaired) electrons. The van der Waals surface area contributed by atoms with Gasteiger partial charge in [0, 0.05) is 0 Å². The van der Waals surface area contributed by atoms with Crippen LogP contribution in [0.3, 0.4) is 0 Å². The second-order valence-electron chi connectivity index (χ2n) is 12.8. The van der Waals surface area contributed by atoms with Gasteiger partial charge in [0.1, 0.15) is 0 Å².